The van der Waals surface area contributed by atoms with Crippen molar-refractivity contribution in [3.63, 3.8) is 0 Å². The van der Waals surface area contributed by atoms with E-state index in [9.17, 15) is 0 Å². The van der Waals surface area contributed by atoms with Crippen LogP contribution in [0.25, 0.3) is 67.3 Å². The molecule has 68 heavy (non-hydrogen) atoms. The van der Waals surface area contributed by atoms with Crippen molar-refractivity contribution in [3.05, 3.63) is 257 Å². The highest BCUT2D eigenvalue weighted by atomic mass is 15.0. The van der Waals surface area contributed by atoms with Crippen LogP contribution < -0.4 is 0 Å². The number of allylic oxidation sites excluding steroid dienone is 9. The smallest absolute Gasteiger partial charge is 0.164 e. The van der Waals surface area contributed by atoms with E-state index < -0.39 is 5.41 Å². The minimum absolute atomic E-state index is 0.503. The largest absolute Gasteiger partial charge is 0.208 e. The van der Waals surface area contributed by atoms with Gasteiger partial charge in [-0.25, -0.2) is 15.0 Å². The van der Waals surface area contributed by atoms with Gasteiger partial charge < -0.3 is 0 Å². The Hall–Kier alpha value is -7.75. The number of aromatic nitrogens is 3. The first-order valence-corrected chi connectivity index (χ1v) is 24.1. The Morgan fingerprint density at radius 2 is 1.18 bits per heavy atom. The van der Waals surface area contributed by atoms with E-state index in [4.69, 9.17) is 15.0 Å². The number of rotatable bonds is 10. The van der Waals surface area contributed by atoms with Crippen LogP contribution in [0, 0.1) is 6.92 Å². The van der Waals surface area contributed by atoms with E-state index in [0.29, 0.717) is 17.5 Å². The summed E-state index contributed by atoms with van der Waals surface area (Å²) in [5.41, 5.74) is 22.3. The Bertz CT molecular complexity index is 3280. The maximum atomic E-state index is 5.45. The third-order valence-electron chi connectivity index (χ3n) is 13.7. The molecule has 7 aromatic carbocycles. The van der Waals surface area contributed by atoms with Crippen LogP contribution in [0.4, 0.5) is 0 Å². The molecule has 0 radical (unpaired) electrons. The maximum absolute atomic E-state index is 5.45. The maximum Gasteiger partial charge on any atom is 0.164 e. The van der Waals surface area contributed by atoms with Crippen molar-refractivity contribution in [2.24, 2.45) is 0 Å². The zero-order valence-corrected chi connectivity index (χ0v) is 40.4. The van der Waals surface area contributed by atoms with Crippen molar-refractivity contribution in [1.82, 2.24) is 15.0 Å². The monoisotopic (exact) mass is 881 g/mol. The average molecular weight is 882 g/mol. The van der Waals surface area contributed by atoms with Crippen LogP contribution in [0.2, 0.25) is 0 Å². The number of benzene rings is 7. The van der Waals surface area contributed by atoms with Gasteiger partial charge in [-0.3, -0.25) is 0 Å². The van der Waals surface area contributed by atoms with Gasteiger partial charge in [0.2, 0.25) is 0 Å². The highest BCUT2D eigenvalue weighted by molar-refractivity contribution is 5.90. The Morgan fingerprint density at radius 3 is 1.85 bits per heavy atom. The van der Waals surface area contributed by atoms with Crippen molar-refractivity contribution in [1.29, 1.82) is 0 Å². The Kier molecular flexibility index (Phi) is 13.1. The van der Waals surface area contributed by atoms with Crippen LogP contribution >= 0.6 is 0 Å². The van der Waals surface area contributed by atoms with Crippen LogP contribution in [0.15, 0.2) is 206 Å². The lowest BCUT2D eigenvalue weighted by atomic mass is 9.61. The molecule has 2 aliphatic carbocycles. The third kappa shape index (κ3) is 7.92. The van der Waals surface area contributed by atoms with E-state index in [2.05, 4.69) is 210 Å². The lowest BCUT2D eigenvalue weighted by molar-refractivity contribution is 0.722. The molecule has 2 aliphatic rings. The minimum Gasteiger partial charge on any atom is -0.208 e. The highest BCUT2D eigenvalue weighted by Crippen LogP contribution is 2.59. The molecule has 8 aromatic rings. The summed E-state index contributed by atoms with van der Waals surface area (Å²) >= 11 is 0. The van der Waals surface area contributed by atoms with Gasteiger partial charge in [0.15, 0.2) is 17.5 Å². The molecular formula is C65H59N3. The van der Waals surface area contributed by atoms with Crippen LogP contribution in [0.3, 0.4) is 0 Å². The molecule has 0 unspecified atom stereocenters. The summed E-state index contributed by atoms with van der Waals surface area (Å²) in [5, 5.41) is 0. The van der Waals surface area contributed by atoms with Crippen LogP contribution in [0.1, 0.15) is 98.3 Å². The predicted octanol–water partition coefficient (Wildman–Crippen LogP) is 17.0. The van der Waals surface area contributed by atoms with Gasteiger partial charge in [-0.2, -0.15) is 0 Å². The summed E-state index contributed by atoms with van der Waals surface area (Å²) in [4.78, 5) is 16.1. The molecule has 0 N–H and O–H groups in total. The summed E-state index contributed by atoms with van der Waals surface area (Å²) in [7, 11) is 0. The van der Waals surface area contributed by atoms with Gasteiger partial charge in [0, 0.05) is 16.7 Å². The normalized spacial score (nSPS) is 13.6. The van der Waals surface area contributed by atoms with Crippen molar-refractivity contribution in [2.45, 2.75) is 66.7 Å². The van der Waals surface area contributed by atoms with Crippen molar-refractivity contribution < 1.29 is 0 Å². The van der Waals surface area contributed by atoms with Crippen LogP contribution in [0.5, 0.6) is 0 Å². The second-order valence-corrected chi connectivity index (χ2v) is 17.4. The van der Waals surface area contributed by atoms with E-state index in [1.165, 1.54) is 72.3 Å². The van der Waals surface area contributed by atoms with Gasteiger partial charge >= 0.3 is 0 Å². The molecule has 0 aliphatic heterocycles. The zero-order valence-electron chi connectivity index (χ0n) is 40.4. The van der Waals surface area contributed by atoms with Crippen molar-refractivity contribution >= 4 is 11.1 Å². The van der Waals surface area contributed by atoms with Gasteiger partial charge in [-0.05, 0) is 154 Å². The van der Waals surface area contributed by atoms with Gasteiger partial charge in [0.25, 0.3) is 0 Å². The van der Waals surface area contributed by atoms with Gasteiger partial charge in [-0.1, -0.05) is 197 Å². The number of hydrogen-bond donors (Lipinski definition) is 0. The van der Waals surface area contributed by atoms with Gasteiger partial charge in [0.05, 0.1) is 5.41 Å². The molecule has 3 nitrogen and oxygen atoms in total. The summed E-state index contributed by atoms with van der Waals surface area (Å²) in [6.07, 6.45) is 14.0. The number of hydrogen-bond acceptors (Lipinski definition) is 3. The fourth-order valence-corrected chi connectivity index (χ4v) is 10.7. The topological polar surface area (TPSA) is 38.7 Å². The number of nitrogens with zero attached hydrogens (tertiary/aromatic N) is 3. The lowest BCUT2D eigenvalue weighted by Gasteiger charge is -2.40. The van der Waals surface area contributed by atoms with E-state index in [1.54, 1.807) is 6.08 Å². The van der Waals surface area contributed by atoms with E-state index in [0.717, 1.165) is 46.2 Å². The third-order valence-corrected chi connectivity index (χ3v) is 13.7. The zero-order chi connectivity index (χ0) is 47.4. The lowest BCUT2D eigenvalue weighted by Crippen LogP contribution is -2.34. The molecular weight excluding hydrogens is 823 g/mol. The minimum atomic E-state index is -0.503. The molecule has 0 amide bonds. The standard InChI is InChI=1S/C63H53N3.C2H6/c1-7-11-23-43(9-3)60-64-61(47-34-35-55-54-28-17-20-33-58(54)63(59(55)40-47)56-31-18-15-26-45(56)36-46-27-16-19-32-57(46)63)66-62(65-60)50-38-48(44-24-13-12-14-25-44)37-49(39-50)52-29-21-30-53(42(52)6)51(10-4)41(5)22-8-2;1-2/h7-9,11-35,37-40H,1,10,36H2,2-6H3;1-2H3/b22-8-,23-11-,43-9+,51-41+;. The van der Waals surface area contributed by atoms with Gasteiger partial charge in [0.1, 0.15) is 0 Å². The SMILES string of the molecule is C=C/C=C\C(=C/C)c1nc(-c2cc(-c3ccccc3)cc(-c3cccc(/C(CC)=C(C)/C=C\C)c3C)c2)nc(-c2ccc3c(c2)C2(c4ccccc4Cc4ccccc42)c2ccccc2-3)n1.CC. The molecule has 3 heteroatoms. The molecule has 0 fully saturated rings. The van der Waals surface area contributed by atoms with E-state index in [-0.39, 0.29) is 0 Å². The second kappa shape index (κ2) is 19.6. The quantitative estimate of drug-likeness (QED) is 0.128. The Morgan fingerprint density at radius 1 is 0.574 bits per heavy atom. The highest BCUT2D eigenvalue weighted by Gasteiger charge is 2.49. The number of fused-ring (bicyclic) bond motifs is 9. The first-order valence-electron chi connectivity index (χ1n) is 24.1. The first-order chi connectivity index (χ1) is 33.4. The molecule has 334 valence electrons. The second-order valence-electron chi connectivity index (χ2n) is 17.4. The fourth-order valence-electron chi connectivity index (χ4n) is 10.7. The predicted molar refractivity (Wildman–Crippen MR) is 288 cm³/mol. The first kappa shape index (κ1) is 45.4. The molecule has 0 saturated heterocycles. The molecule has 1 heterocycles. The van der Waals surface area contributed by atoms with E-state index in [1.807, 2.05) is 32.9 Å². The molecule has 0 bridgehead atoms. The summed E-state index contributed by atoms with van der Waals surface area (Å²) in [6.45, 7) is 18.8. The molecule has 1 spiro atoms. The summed E-state index contributed by atoms with van der Waals surface area (Å²) in [6, 6.07) is 57.9. The summed E-state index contributed by atoms with van der Waals surface area (Å²) in [5.74, 6) is 1.83. The van der Waals surface area contributed by atoms with Crippen molar-refractivity contribution in [3.8, 4) is 56.2 Å². The van der Waals surface area contributed by atoms with Crippen LogP contribution in [-0.2, 0) is 11.8 Å². The van der Waals surface area contributed by atoms with Gasteiger partial charge in [-0.15, -0.1) is 0 Å². The Balaban J connectivity index is 0.00000285. The molecule has 0 saturated carbocycles. The van der Waals surface area contributed by atoms with Crippen molar-refractivity contribution in [2.75, 3.05) is 0 Å². The molecule has 0 atom stereocenters. The average Bonchev–Trinajstić information content (AvgIpc) is 3.67. The van der Waals surface area contributed by atoms with E-state index >= 15 is 0 Å². The Labute approximate surface area is 403 Å². The fraction of sp³-hybridized carbons (Fsp3) is 0.154. The molecule has 1 aromatic heterocycles. The molecule has 10 rings (SSSR count). The van der Waals surface area contributed by atoms with Crippen LogP contribution in [-0.4, -0.2) is 15.0 Å². The summed E-state index contributed by atoms with van der Waals surface area (Å²) < 4.78 is 0.